The summed E-state index contributed by atoms with van der Waals surface area (Å²) in [6.45, 7) is 6.86. The van der Waals surface area contributed by atoms with Crippen LogP contribution in [0.1, 0.15) is 30.8 Å². The molecule has 0 unspecified atom stereocenters. The summed E-state index contributed by atoms with van der Waals surface area (Å²) in [5.74, 6) is 0.744. The largest absolute Gasteiger partial charge is 0.350 e. The molecule has 0 aliphatic carbocycles. The van der Waals surface area contributed by atoms with Crippen LogP contribution in [0.25, 0.3) is 11.4 Å². The Labute approximate surface area is 142 Å². The third-order valence-electron chi connectivity index (χ3n) is 4.34. The van der Waals surface area contributed by atoms with E-state index in [0.717, 1.165) is 19.5 Å². The van der Waals surface area contributed by atoms with E-state index < -0.39 is 0 Å². The van der Waals surface area contributed by atoms with Crippen molar-refractivity contribution in [2.75, 3.05) is 26.7 Å². The lowest BCUT2D eigenvalue weighted by Crippen LogP contribution is -2.54. The standard InChI is InChI=1S/C18H24N4O2/c1-13(2)10-14-12-21(3)8-9-22(14)18(23)17-11-16(20-24-17)15-6-4-5-7-19-15/h4-7,11,13-14H,8-10,12H2,1-3H3/t14-/m0/s1. The third-order valence-corrected chi connectivity index (χ3v) is 4.34. The first-order valence-electron chi connectivity index (χ1n) is 8.42. The quantitative estimate of drug-likeness (QED) is 0.863. The Balaban J connectivity index is 1.78. The molecule has 128 valence electrons. The summed E-state index contributed by atoms with van der Waals surface area (Å²) in [6.07, 6.45) is 2.68. The second-order valence-corrected chi connectivity index (χ2v) is 6.84. The van der Waals surface area contributed by atoms with Crippen molar-refractivity contribution >= 4 is 5.91 Å². The number of piperazine rings is 1. The molecule has 6 nitrogen and oxygen atoms in total. The fourth-order valence-electron chi connectivity index (χ4n) is 3.18. The van der Waals surface area contributed by atoms with Gasteiger partial charge in [-0.15, -0.1) is 0 Å². The molecule has 1 amide bonds. The molecule has 0 aromatic carbocycles. The van der Waals surface area contributed by atoms with Crippen molar-refractivity contribution in [3.8, 4) is 11.4 Å². The van der Waals surface area contributed by atoms with E-state index in [1.54, 1.807) is 12.3 Å². The molecule has 1 saturated heterocycles. The topological polar surface area (TPSA) is 62.5 Å². The minimum Gasteiger partial charge on any atom is -0.350 e. The van der Waals surface area contributed by atoms with Gasteiger partial charge in [0.1, 0.15) is 5.69 Å². The van der Waals surface area contributed by atoms with Crippen molar-refractivity contribution in [2.24, 2.45) is 5.92 Å². The van der Waals surface area contributed by atoms with Gasteiger partial charge in [0.25, 0.3) is 5.91 Å². The van der Waals surface area contributed by atoms with Crippen LogP contribution in [0.15, 0.2) is 35.0 Å². The van der Waals surface area contributed by atoms with Crippen molar-refractivity contribution in [3.05, 3.63) is 36.2 Å². The molecule has 0 N–H and O–H groups in total. The second-order valence-electron chi connectivity index (χ2n) is 6.84. The minimum atomic E-state index is -0.0802. The number of rotatable bonds is 4. The number of hydrogen-bond acceptors (Lipinski definition) is 5. The monoisotopic (exact) mass is 328 g/mol. The number of amides is 1. The zero-order valence-corrected chi connectivity index (χ0v) is 14.5. The Hall–Kier alpha value is -2.21. The Morgan fingerprint density at radius 1 is 1.33 bits per heavy atom. The summed E-state index contributed by atoms with van der Waals surface area (Å²) >= 11 is 0. The molecular formula is C18H24N4O2. The highest BCUT2D eigenvalue weighted by Gasteiger charge is 2.32. The number of aromatic nitrogens is 2. The second kappa shape index (κ2) is 7.13. The van der Waals surface area contributed by atoms with Crippen LogP contribution in [-0.2, 0) is 0 Å². The Bertz CT molecular complexity index is 681. The number of hydrogen-bond donors (Lipinski definition) is 0. The van der Waals surface area contributed by atoms with Crippen LogP contribution in [0.5, 0.6) is 0 Å². The van der Waals surface area contributed by atoms with E-state index in [4.69, 9.17) is 4.52 Å². The zero-order valence-electron chi connectivity index (χ0n) is 14.5. The molecule has 0 bridgehead atoms. The smallest absolute Gasteiger partial charge is 0.292 e. The molecule has 0 saturated carbocycles. The van der Waals surface area contributed by atoms with Crippen molar-refractivity contribution in [2.45, 2.75) is 26.3 Å². The number of carbonyl (C=O) groups excluding carboxylic acids is 1. The average Bonchev–Trinajstić information content (AvgIpc) is 3.05. The van der Waals surface area contributed by atoms with Gasteiger partial charge in [-0.05, 0) is 31.5 Å². The van der Waals surface area contributed by atoms with Gasteiger partial charge < -0.3 is 14.3 Å². The fourth-order valence-corrected chi connectivity index (χ4v) is 3.18. The van der Waals surface area contributed by atoms with Gasteiger partial charge in [0, 0.05) is 37.9 Å². The van der Waals surface area contributed by atoms with Gasteiger partial charge in [-0.1, -0.05) is 25.1 Å². The van der Waals surface area contributed by atoms with Crippen LogP contribution in [0.4, 0.5) is 0 Å². The lowest BCUT2D eigenvalue weighted by atomic mass is 10.00. The lowest BCUT2D eigenvalue weighted by molar-refractivity contribution is 0.0422. The van der Waals surface area contributed by atoms with Crippen molar-refractivity contribution in [3.63, 3.8) is 0 Å². The Morgan fingerprint density at radius 2 is 2.17 bits per heavy atom. The molecule has 1 aliphatic heterocycles. The van der Waals surface area contributed by atoms with E-state index in [9.17, 15) is 4.79 Å². The van der Waals surface area contributed by atoms with E-state index in [1.807, 2.05) is 23.1 Å². The minimum absolute atomic E-state index is 0.0802. The predicted molar refractivity (Wildman–Crippen MR) is 91.5 cm³/mol. The number of nitrogens with zero attached hydrogens (tertiary/aromatic N) is 4. The maximum Gasteiger partial charge on any atom is 0.292 e. The first-order valence-corrected chi connectivity index (χ1v) is 8.42. The van der Waals surface area contributed by atoms with Crippen LogP contribution in [0.3, 0.4) is 0 Å². The summed E-state index contributed by atoms with van der Waals surface area (Å²) in [6, 6.07) is 7.48. The van der Waals surface area contributed by atoms with Gasteiger partial charge >= 0.3 is 0 Å². The van der Waals surface area contributed by atoms with Crippen LogP contribution in [0, 0.1) is 5.92 Å². The van der Waals surface area contributed by atoms with Gasteiger partial charge in [0.15, 0.2) is 0 Å². The Morgan fingerprint density at radius 3 is 2.88 bits per heavy atom. The Kier molecular flexibility index (Phi) is 4.94. The van der Waals surface area contributed by atoms with Gasteiger partial charge in [-0.25, -0.2) is 0 Å². The van der Waals surface area contributed by atoms with Crippen molar-refractivity contribution in [1.29, 1.82) is 0 Å². The van der Waals surface area contributed by atoms with Gasteiger partial charge in [-0.3, -0.25) is 9.78 Å². The van der Waals surface area contributed by atoms with Gasteiger partial charge in [0.05, 0.1) is 5.69 Å². The normalized spacial score (nSPS) is 19.0. The van der Waals surface area contributed by atoms with Crippen LogP contribution in [-0.4, -0.2) is 58.6 Å². The molecule has 3 heterocycles. The molecule has 3 rings (SSSR count). The summed E-state index contributed by atoms with van der Waals surface area (Å²) < 4.78 is 5.32. The highest BCUT2D eigenvalue weighted by atomic mass is 16.5. The van der Waals surface area contributed by atoms with E-state index in [-0.39, 0.29) is 17.7 Å². The molecule has 1 fully saturated rings. The molecule has 1 aliphatic rings. The van der Waals surface area contributed by atoms with Crippen LogP contribution < -0.4 is 0 Å². The summed E-state index contributed by atoms with van der Waals surface area (Å²) in [4.78, 5) is 21.3. The highest BCUT2D eigenvalue weighted by molar-refractivity contribution is 5.92. The molecule has 2 aromatic heterocycles. The first kappa shape index (κ1) is 16.6. The lowest BCUT2D eigenvalue weighted by Gasteiger charge is -2.40. The number of pyridine rings is 1. The first-order chi connectivity index (χ1) is 11.5. The molecule has 24 heavy (non-hydrogen) atoms. The van der Waals surface area contributed by atoms with Crippen LogP contribution in [0.2, 0.25) is 0 Å². The van der Waals surface area contributed by atoms with Gasteiger partial charge in [0.2, 0.25) is 5.76 Å². The van der Waals surface area contributed by atoms with E-state index in [0.29, 0.717) is 23.9 Å². The summed E-state index contributed by atoms with van der Waals surface area (Å²) in [5, 5.41) is 4.01. The van der Waals surface area contributed by atoms with E-state index in [2.05, 4.69) is 35.9 Å². The highest BCUT2D eigenvalue weighted by Crippen LogP contribution is 2.22. The van der Waals surface area contributed by atoms with Crippen molar-refractivity contribution in [1.82, 2.24) is 19.9 Å². The molecule has 0 radical (unpaired) electrons. The molecule has 0 spiro atoms. The van der Waals surface area contributed by atoms with E-state index >= 15 is 0 Å². The molecule has 6 heteroatoms. The summed E-state index contributed by atoms with van der Waals surface area (Å²) in [7, 11) is 2.10. The number of carbonyl (C=O) groups is 1. The average molecular weight is 328 g/mol. The number of likely N-dealkylation sites (N-methyl/N-ethyl adjacent to an activating group) is 1. The van der Waals surface area contributed by atoms with Gasteiger partial charge in [-0.2, -0.15) is 0 Å². The summed E-state index contributed by atoms with van der Waals surface area (Å²) in [5.41, 5.74) is 1.30. The third kappa shape index (κ3) is 3.64. The van der Waals surface area contributed by atoms with Crippen molar-refractivity contribution < 1.29 is 9.32 Å². The zero-order chi connectivity index (χ0) is 17.1. The van der Waals surface area contributed by atoms with E-state index in [1.165, 1.54) is 0 Å². The maximum absolute atomic E-state index is 12.9. The molecular weight excluding hydrogens is 304 g/mol. The maximum atomic E-state index is 12.9. The van der Waals surface area contributed by atoms with Crippen LogP contribution >= 0.6 is 0 Å². The fraction of sp³-hybridized carbons (Fsp3) is 0.500. The molecule has 2 aromatic rings. The SMILES string of the molecule is CC(C)C[C@H]1CN(C)CCN1C(=O)c1cc(-c2ccccn2)no1. The predicted octanol–water partition coefficient (Wildman–Crippen LogP) is 2.54. The molecule has 1 atom stereocenters.